The summed E-state index contributed by atoms with van der Waals surface area (Å²) in [5, 5.41) is 2.77. The van der Waals surface area contributed by atoms with E-state index in [4.69, 9.17) is 0 Å². The highest BCUT2D eigenvalue weighted by atomic mass is 16.1. The second-order valence-electron chi connectivity index (χ2n) is 2.35. The van der Waals surface area contributed by atoms with Crippen molar-refractivity contribution in [3.8, 4) is 0 Å². The van der Waals surface area contributed by atoms with Crippen LogP contribution in [0.15, 0.2) is 35.6 Å². The lowest BCUT2D eigenvalue weighted by atomic mass is 10.1. The normalized spacial score (nSPS) is 21.4. The Kier molecular flexibility index (Phi) is 1.01. The van der Waals surface area contributed by atoms with E-state index in [1.54, 1.807) is 0 Å². The van der Waals surface area contributed by atoms with Crippen LogP contribution in [-0.2, 0) is 4.79 Å². The molecule has 0 aromatic heterocycles. The summed E-state index contributed by atoms with van der Waals surface area (Å²) in [6.07, 6.45) is 8.29. The maximum Gasteiger partial charge on any atom is 0.228 e. The van der Waals surface area contributed by atoms with Crippen LogP contribution in [0.1, 0.15) is 6.42 Å². The summed E-state index contributed by atoms with van der Waals surface area (Å²) in [5.74, 6) is 0.0821. The van der Waals surface area contributed by atoms with Crippen molar-refractivity contribution in [2.24, 2.45) is 0 Å². The molecule has 2 rings (SSSR count). The summed E-state index contributed by atoms with van der Waals surface area (Å²) in [6, 6.07) is 0. The Bertz CT molecular complexity index is 271. The summed E-state index contributed by atoms with van der Waals surface area (Å²) in [7, 11) is 0. The van der Waals surface area contributed by atoms with Crippen LogP contribution in [0.3, 0.4) is 0 Å². The average Bonchev–Trinajstić information content (AvgIpc) is 2.33. The molecule has 0 bridgehead atoms. The van der Waals surface area contributed by atoms with Gasteiger partial charge in [-0.1, -0.05) is 18.2 Å². The second-order valence-corrected chi connectivity index (χ2v) is 2.35. The molecular formula is C8H7NO. The van der Waals surface area contributed by atoms with Crippen LogP contribution in [-0.4, -0.2) is 5.91 Å². The van der Waals surface area contributed by atoms with Crippen LogP contribution in [0.25, 0.3) is 0 Å². The van der Waals surface area contributed by atoms with Gasteiger partial charge in [-0.05, 0) is 11.6 Å². The van der Waals surface area contributed by atoms with Crippen LogP contribution in [0.5, 0.6) is 0 Å². The van der Waals surface area contributed by atoms with Gasteiger partial charge in [0.2, 0.25) is 5.91 Å². The smallest absolute Gasteiger partial charge is 0.228 e. The van der Waals surface area contributed by atoms with E-state index in [9.17, 15) is 4.79 Å². The summed E-state index contributed by atoms with van der Waals surface area (Å²) in [6.45, 7) is 0. The molecule has 0 aromatic carbocycles. The molecule has 0 atom stereocenters. The van der Waals surface area contributed by atoms with Crippen LogP contribution in [0, 0.1) is 0 Å². The Morgan fingerprint density at radius 2 is 2.40 bits per heavy atom. The SMILES string of the molecule is O=C1CC=C2C=CC=C2N1. The van der Waals surface area contributed by atoms with Gasteiger partial charge in [0.05, 0.1) is 0 Å². The third kappa shape index (κ3) is 0.692. The molecule has 0 aromatic rings. The molecule has 1 heterocycles. The minimum absolute atomic E-state index is 0.0821. The maximum atomic E-state index is 10.8. The Morgan fingerprint density at radius 1 is 1.50 bits per heavy atom. The van der Waals surface area contributed by atoms with E-state index >= 15 is 0 Å². The molecule has 0 saturated carbocycles. The monoisotopic (exact) mass is 133 g/mol. The van der Waals surface area contributed by atoms with Gasteiger partial charge in [0.25, 0.3) is 0 Å². The van der Waals surface area contributed by atoms with Crippen molar-refractivity contribution in [3.63, 3.8) is 0 Å². The van der Waals surface area contributed by atoms with Gasteiger partial charge < -0.3 is 5.32 Å². The Balaban J connectivity index is 2.39. The molecular weight excluding hydrogens is 126 g/mol. The largest absolute Gasteiger partial charge is 0.325 e. The van der Waals surface area contributed by atoms with E-state index in [0.29, 0.717) is 6.42 Å². The van der Waals surface area contributed by atoms with Gasteiger partial charge in [0.1, 0.15) is 0 Å². The minimum atomic E-state index is 0.0821. The number of nitrogens with one attached hydrogen (secondary N) is 1. The highest BCUT2D eigenvalue weighted by molar-refractivity contribution is 5.83. The molecule has 1 amide bonds. The molecule has 0 unspecified atom stereocenters. The molecule has 1 aliphatic carbocycles. The van der Waals surface area contributed by atoms with Crippen molar-refractivity contribution < 1.29 is 4.79 Å². The molecule has 1 N–H and O–H groups in total. The molecule has 10 heavy (non-hydrogen) atoms. The van der Waals surface area contributed by atoms with Gasteiger partial charge in [-0.3, -0.25) is 4.79 Å². The van der Waals surface area contributed by atoms with Crippen molar-refractivity contribution in [1.29, 1.82) is 0 Å². The maximum absolute atomic E-state index is 10.8. The van der Waals surface area contributed by atoms with Gasteiger partial charge >= 0.3 is 0 Å². The molecule has 2 aliphatic rings. The zero-order chi connectivity index (χ0) is 6.97. The second kappa shape index (κ2) is 1.84. The van der Waals surface area contributed by atoms with Crippen molar-refractivity contribution in [2.45, 2.75) is 6.42 Å². The molecule has 0 spiro atoms. The van der Waals surface area contributed by atoms with Gasteiger partial charge in [0.15, 0.2) is 0 Å². The number of fused-ring (bicyclic) bond motifs is 1. The molecule has 2 heteroatoms. The highest BCUT2D eigenvalue weighted by Gasteiger charge is 2.14. The topological polar surface area (TPSA) is 29.1 Å². The van der Waals surface area contributed by atoms with E-state index in [2.05, 4.69) is 5.32 Å². The fourth-order valence-electron chi connectivity index (χ4n) is 1.13. The van der Waals surface area contributed by atoms with E-state index in [-0.39, 0.29) is 5.91 Å². The van der Waals surface area contributed by atoms with Crippen LogP contribution >= 0.6 is 0 Å². The predicted octanol–water partition coefficient (Wildman–Crippen LogP) is 0.886. The Labute approximate surface area is 58.9 Å². The molecule has 0 radical (unpaired) electrons. The number of rotatable bonds is 0. The summed E-state index contributed by atoms with van der Waals surface area (Å²) < 4.78 is 0. The van der Waals surface area contributed by atoms with Crippen LogP contribution in [0.2, 0.25) is 0 Å². The first-order valence-corrected chi connectivity index (χ1v) is 3.25. The first-order valence-electron chi connectivity index (χ1n) is 3.25. The lowest BCUT2D eigenvalue weighted by Gasteiger charge is -2.11. The number of hydrogen-bond acceptors (Lipinski definition) is 1. The van der Waals surface area contributed by atoms with Gasteiger partial charge in [-0.15, -0.1) is 0 Å². The molecule has 0 fully saturated rings. The zero-order valence-corrected chi connectivity index (χ0v) is 5.42. The van der Waals surface area contributed by atoms with Crippen molar-refractivity contribution in [3.05, 3.63) is 35.6 Å². The number of amides is 1. The summed E-state index contributed by atoms with van der Waals surface area (Å²) >= 11 is 0. The van der Waals surface area contributed by atoms with Gasteiger partial charge in [0, 0.05) is 12.1 Å². The Morgan fingerprint density at radius 3 is 3.30 bits per heavy atom. The molecule has 0 saturated heterocycles. The number of allylic oxidation sites excluding steroid dienone is 3. The zero-order valence-electron chi connectivity index (χ0n) is 5.42. The quantitative estimate of drug-likeness (QED) is 0.522. The minimum Gasteiger partial charge on any atom is -0.325 e. The first kappa shape index (κ1) is 5.47. The number of hydrogen-bond donors (Lipinski definition) is 1. The highest BCUT2D eigenvalue weighted by Crippen LogP contribution is 2.19. The van der Waals surface area contributed by atoms with Crippen molar-refractivity contribution in [2.75, 3.05) is 0 Å². The summed E-state index contributed by atoms with van der Waals surface area (Å²) in [5.41, 5.74) is 2.08. The number of carbonyl (C=O) groups excluding carboxylic acids is 1. The van der Waals surface area contributed by atoms with E-state index in [1.165, 1.54) is 0 Å². The third-order valence-corrected chi connectivity index (χ3v) is 1.63. The van der Waals surface area contributed by atoms with Gasteiger partial charge in [-0.25, -0.2) is 0 Å². The molecule has 2 nitrogen and oxygen atoms in total. The lowest BCUT2D eigenvalue weighted by molar-refractivity contribution is -0.119. The summed E-state index contributed by atoms with van der Waals surface area (Å²) in [4.78, 5) is 10.8. The van der Waals surface area contributed by atoms with E-state index in [1.807, 2.05) is 24.3 Å². The third-order valence-electron chi connectivity index (χ3n) is 1.63. The average molecular weight is 133 g/mol. The van der Waals surface area contributed by atoms with Crippen LogP contribution < -0.4 is 5.32 Å². The van der Waals surface area contributed by atoms with Gasteiger partial charge in [-0.2, -0.15) is 0 Å². The lowest BCUT2D eigenvalue weighted by Crippen LogP contribution is -2.25. The fraction of sp³-hybridized carbons (Fsp3) is 0.125. The Hall–Kier alpha value is -1.31. The van der Waals surface area contributed by atoms with Crippen LogP contribution in [0.4, 0.5) is 0 Å². The molecule has 50 valence electrons. The fourth-order valence-corrected chi connectivity index (χ4v) is 1.13. The van der Waals surface area contributed by atoms with Crippen molar-refractivity contribution in [1.82, 2.24) is 5.32 Å². The molecule has 1 aliphatic heterocycles. The van der Waals surface area contributed by atoms with E-state index < -0.39 is 0 Å². The first-order chi connectivity index (χ1) is 4.86. The predicted molar refractivity (Wildman–Crippen MR) is 38.1 cm³/mol. The standard InChI is InChI=1S/C8H7NO/c10-8-5-4-6-2-1-3-7(6)9-8/h1-4H,5H2,(H,9,10). The van der Waals surface area contributed by atoms with E-state index in [0.717, 1.165) is 11.3 Å². The number of carbonyl (C=O) groups is 1. The van der Waals surface area contributed by atoms with Crippen molar-refractivity contribution >= 4 is 5.91 Å².